The Hall–Kier alpha value is -2.60. The molecular formula is C19H19N3O2S. The van der Waals surface area contributed by atoms with E-state index in [9.17, 15) is 4.79 Å². The molecule has 0 saturated heterocycles. The molecule has 0 amide bonds. The number of rotatable bonds is 6. The highest BCUT2D eigenvalue weighted by atomic mass is 32.2. The molecule has 25 heavy (non-hydrogen) atoms. The lowest BCUT2D eigenvalue weighted by Crippen LogP contribution is -2.14. The largest absolute Gasteiger partial charge is 0.497 e. The summed E-state index contributed by atoms with van der Waals surface area (Å²) in [5, 5.41) is 8.83. The number of hydrogen-bond donors (Lipinski definition) is 0. The molecule has 0 bridgehead atoms. The number of thioether (sulfide) groups is 1. The Labute approximate surface area is 151 Å². The molecule has 6 heteroatoms. The van der Waals surface area contributed by atoms with Crippen LogP contribution in [0.2, 0.25) is 0 Å². The Kier molecular flexibility index (Phi) is 5.19. The molecule has 0 aliphatic carbocycles. The molecule has 0 fully saturated rings. The van der Waals surface area contributed by atoms with Crippen molar-refractivity contribution in [1.29, 1.82) is 0 Å². The number of ether oxygens (including phenoxy) is 1. The minimum atomic E-state index is -0.278. The van der Waals surface area contributed by atoms with Crippen LogP contribution in [0.25, 0.3) is 5.69 Å². The van der Waals surface area contributed by atoms with Crippen molar-refractivity contribution in [3.63, 3.8) is 0 Å². The Balaban J connectivity index is 1.81. The lowest BCUT2D eigenvalue weighted by molar-refractivity contribution is 0.0994. The molecule has 3 rings (SSSR count). The number of aromatic nitrogens is 3. The zero-order valence-corrected chi connectivity index (χ0v) is 15.2. The predicted octanol–water partition coefficient (Wildman–Crippen LogP) is 3.95. The molecule has 1 heterocycles. The molecule has 128 valence electrons. The van der Waals surface area contributed by atoms with Crippen LogP contribution >= 0.6 is 11.8 Å². The van der Waals surface area contributed by atoms with Gasteiger partial charge in [0.25, 0.3) is 0 Å². The van der Waals surface area contributed by atoms with Crippen LogP contribution in [0.3, 0.4) is 0 Å². The number of carbonyl (C=O) groups excluding carboxylic acids is 1. The van der Waals surface area contributed by atoms with Crippen molar-refractivity contribution in [2.75, 3.05) is 7.11 Å². The van der Waals surface area contributed by atoms with Gasteiger partial charge in [-0.1, -0.05) is 30.0 Å². The Bertz CT molecular complexity index is 860. The first-order valence-electron chi connectivity index (χ1n) is 7.92. The first-order valence-corrected chi connectivity index (χ1v) is 8.80. The highest BCUT2D eigenvalue weighted by molar-refractivity contribution is 8.00. The number of hydrogen-bond acceptors (Lipinski definition) is 5. The molecule has 2 aromatic carbocycles. The summed E-state index contributed by atoms with van der Waals surface area (Å²) in [5.74, 6) is 1.57. The van der Waals surface area contributed by atoms with Crippen molar-refractivity contribution < 1.29 is 9.53 Å². The van der Waals surface area contributed by atoms with Crippen LogP contribution in [-0.2, 0) is 0 Å². The molecule has 0 N–H and O–H groups in total. The van der Waals surface area contributed by atoms with E-state index in [0.29, 0.717) is 10.7 Å². The average molecular weight is 353 g/mol. The van der Waals surface area contributed by atoms with E-state index >= 15 is 0 Å². The molecule has 0 saturated carbocycles. The lowest BCUT2D eigenvalue weighted by Gasteiger charge is -2.12. The van der Waals surface area contributed by atoms with Gasteiger partial charge in [-0.15, -0.1) is 10.2 Å². The van der Waals surface area contributed by atoms with Gasteiger partial charge in [0.2, 0.25) is 0 Å². The minimum Gasteiger partial charge on any atom is -0.497 e. The zero-order chi connectivity index (χ0) is 17.8. The second kappa shape index (κ2) is 7.53. The normalized spacial score (nSPS) is 12.0. The highest BCUT2D eigenvalue weighted by Gasteiger charge is 2.21. The zero-order valence-electron chi connectivity index (χ0n) is 14.3. The van der Waals surface area contributed by atoms with Gasteiger partial charge in [0, 0.05) is 11.3 Å². The summed E-state index contributed by atoms with van der Waals surface area (Å²) in [4.78, 5) is 12.7. The predicted molar refractivity (Wildman–Crippen MR) is 98.7 cm³/mol. The summed E-state index contributed by atoms with van der Waals surface area (Å²) in [5.41, 5.74) is 1.64. The Morgan fingerprint density at radius 2 is 1.76 bits per heavy atom. The van der Waals surface area contributed by atoms with Crippen LogP contribution in [0.15, 0.2) is 59.8 Å². The van der Waals surface area contributed by atoms with E-state index in [1.807, 2.05) is 48.7 Å². The van der Waals surface area contributed by atoms with Gasteiger partial charge in [0.15, 0.2) is 10.9 Å². The smallest absolute Gasteiger partial charge is 0.196 e. The van der Waals surface area contributed by atoms with Gasteiger partial charge < -0.3 is 4.74 Å². The van der Waals surface area contributed by atoms with Crippen molar-refractivity contribution >= 4 is 17.5 Å². The molecule has 0 radical (unpaired) electrons. The van der Waals surface area contributed by atoms with Crippen molar-refractivity contribution in [3.8, 4) is 11.4 Å². The van der Waals surface area contributed by atoms with E-state index in [1.54, 1.807) is 31.4 Å². The third-order valence-electron chi connectivity index (χ3n) is 3.84. The maximum Gasteiger partial charge on any atom is 0.196 e. The van der Waals surface area contributed by atoms with E-state index in [-0.39, 0.29) is 11.0 Å². The van der Waals surface area contributed by atoms with Gasteiger partial charge in [0.1, 0.15) is 11.6 Å². The molecule has 0 spiro atoms. The first kappa shape index (κ1) is 17.2. The van der Waals surface area contributed by atoms with Gasteiger partial charge >= 0.3 is 0 Å². The highest BCUT2D eigenvalue weighted by Crippen LogP contribution is 2.27. The van der Waals surface area contributed by atoms with Crippen LogP contribution < -0.4 is 4.74 Å². The summed E-state index contributed by atoms with van der Waals surface area (Å²) in [6.07, 6.45) is 0. The number of ketones is 1. The van der Waals surface area contributed by atoms with Crippen molar-refractivity contribution in [2.24, 2.45) is 0 Å². The number of Topliss-reactive ketones (excluding diaryl/α,β-unsaturated/α-hetero) is 1. The fourth-order valence-corrected chi connectivity index (χ4v) is 3.49. The molecule has 3 aromatic rings. The molecular weight excluding hydrogens is 334 g/mol. The number of carbonyl (C=O) groups is 1. The summed E-state index contributed by atoms with van der Waals surface area (Å²) < 4.78 is 7.10. The number of nitrogens with zero attached hydrogens (tertiary/aromatic N) is 3. The van der Waals surface area contributed by atoms with E-state index < -0.39 is 0 Å². The third kappa shape index (κ3) is 3.74. The van der Waals surface area contributed by atoms with E-state index in [0.717, 1.165) is 17.3 Å². The maximum atomic E-state index is 12.7. The van der Waals surface area contributed by atoms with Crippen molar-refractivity contribution in [2.45, 2.75) is 24.3 Å². The number of aryl methyl sites for hydroxylation is 1. The Morgan fingerprint density at radius 3 is 2.40 bits per heavy atom. The van der Waals surface area contributed by atoms with Crippen LogP contribution in [-0.4, -0.2) is 32.9 Å². The fraction of sp³-hybridized carbons (Fsp3) is 0.211. The summed E-state index contributed by atoms with van der Waals surface area (Å²) in [6.45, 7) is 3.79. The van der Waals surface area contributed by atoms with Crippen LogP contribution in [0, 0.1) is 6.92 Å². The molecule has 1 unspecified atom stereocenters. The summed E-state index contributed by atoms with van der Waals surface area (Å²) in [7, 11) is 1.61. The van der Waals surface area contributed by atoms with Crippen LogP contribution in [0.5, 0.6) is 5.75 Å². The quantitative estimate of drug-likeness (QED) is 0.496. The molecule has 5 nitrogen and oxygen atoms in total. The molecule has 1 aromatic heterocycles. The molecule has 0 aliphatic rings. The van der Waals surface area contributed by atoms with E-state index in [4.69, 9.17) is 4.74 Å². The second-order valence-corrected chi connectivity index (χ2v) is 6.86. The maximum absolute atomic E-state index is 12.7. The first-order chi connectivity index (χ1) is 12.1. The summed E-state index contributed by atoms with van der Waals surface area (Å²) in [6, 6.07) is 17.0. The van der Waals surface area contributed by atoms with E-state index in [2.05, 4.69) is 10.2 Å². The standard InChI is InChI=1S/C19H19N3O2S/c1-13(18(23)15-9-11-17(24-3)12-10-15)25-19-21-20-14(2)22(19)16-7-5-4-6-8-16/h4-13H,1-3H3. The summed E-state index contributed by atoms with van der Waals surface area (Å²) >= 11 is 1.41. The number of para-hydroxylation sites is 1. The van der Waals surface area contributed by atoms with Crippen LogP contribution in [0.4, 0.5) is 0 Å². The number of methoxy groups -OCH3 is 1. The van der Waals surface area contributed by atoms with Gasteiger partial charge in [-0.05, 0) is 50.2 Å². The van der Waals surface area contributed by atoms with Gasteiger partial charge in [-0.25, -0.2) is 0 Å². The van der Waals surface area contributed by atoms with Gasteiger partial charge in [-0.2, -0.15) is 0 Å². The fourth-order valence-electron chi connectivity index (χ4n) is 2.50. The van der Waals surface area contributed by atoms with Crippen LogP contribution in [0.1, 0.15) is 23.1 Å². The van der Waals surface area contributed by atoms with Crippen molar-refractivity contribution in [1.82, 2.24) is 14.8 Å². The third-order valence-corrected chi connectivity index (χ3v) is 4.88. The molecule has 0 aliphatic heterocycles. The monoisotopic (exact) mass is 353 g/mol. The minimum absolute atomic E-state index is 0.0490. The topological polar surface area (TPSA) is 57.0 Å². The average Bonchev–Trinajstić information content (AvgIpc) is 3.02. The SMILES string of the molecule is COc1ccc(C(=O)C(C)Sc2nnc(C)n2-c2ccccc2)cc1. The molecule has 1 atom stereocenters. The van der Waals surface area contributed by atoms with Gasteiger partial charge in [-0.3, -0.25) is 9.36 Å². The van der Waals surface area contributed by atoms with Gasteiger partial charge in [0.05, 0.1) is 12.4 Å². The Morgan fingerprint density at radius 1 is 1.08 bits per heavy atom. The lowest BCUT2D eigenvalue weighted by atomic mass is 10.1. The van der Waals surface area contributed by atoms with E-state index in [1.165, 1.54) is 11.8 Å². The number of benzene rings is 2. The second-order valence-electron chi connectivity index (χ2n) is 5.55. The van der Waals surface area contributed by atoms with Crippen molar-refractivity contribution in [3.05, 3.63) is 66.0 Å².